The molecule has 436 valence electrons. The molecule has 0 radical (unpaired) electrons. The van der Waals surface area contributed by atoms with E-state index in [9.17, 15) is 95.5 Å². The molecule has 0 spiro atoms. The lowest BCUT2D eigenvalue weighted by atomic mass is 9.93. The van der Waals surface area contributed by atoms with Crippen molar-refractivity contribution in [2.45, 2.75) is 174 Å². The quantitative estimate of drug-likeness (QED) is 0.0381. The minimum absolute atomic E-state index is 1.04. The minimum Gasteiger partial charge on any atom is -0.726 e. The van der Waals surface area contributed by atoms with Gasteiger partial charge in [0.1, 0.15) is 85.5 Å². The molecular formula is C31H52N3O35S5-5. The highest BCUT2D eigenvalue weighted by Crippen LogP contribution is 2.37. The second-order valence-electron chi connectivity index (χ2n) is 17.0. The summed E-state index contributed by atoms with van der Waals surface area (Å²) >= 11 is 0. The van der Waals surface area contributed by atoms with Crippen molar-refractivity contribution in [3.05, 3.63) is 0 Å². The summed E-state index contributed by atoms with van der Waals surface area (Å²) in [5.74, 6) is 0. The Morgan fingerprint density at radius 3 is 1.27 bits per heavy atom. The molecule has 0 aromatic rings. The molecule has 38 nitrogen and oxygen atoms in total. The van der Waals surface area contributed by atoms with Crippen molar-refractivity contribution in [2.24, 2.45) is 17.2 Å². The van der Waals surface area contributed by atoms with Gasteiger partial charge < -0.3 is 113 Å². The first kappa shape index (κ1) is 63.5. The Balaban J connectivity index is 1.40. The number of rotatable bonds is 21. The molecule has 5 aliphatic heterocycles. The molecule has 10 unspecified atom stereocenters. The van der Waals surface area contributed by atoms with Crippen molar-refractivity contribution in [3.8, 4) is 0 Å². The van der Waals surface area contributed by atoms with Gasteiger partial charge in [0.2, 0.25) is 52.0 Å². The van der Waals surface area contributed by atoms with Crippen LogP contribution in [0.25, 0.3) is 0 Å². The van der Waals surface area contributed by atoms with E-state index in [1.807, 2.05) is 0 Å². The van der Waals surface area contributed by atoms with Crippen LogP contribution in [-0.4, -0.2) is 268 Å². The van der Waals surface area contributed by atoms with Gasteiger partial charge in [-0.25, -0.2) is 42.1 Å². The number of hydrogen-bond acceptors (Lipinski definition) is 38. The van der Waals surface area contributed by atoms with Gasteiger partial charge in [-0.2, -0.15) is 0 Å². The normalized spacial score (nSPS) is 44.3. The SMILES string of the molecule is CC1O[C@@H](O[C@@H]2C(COS(=O)(=O)[O-])O[C@@H](O[C@H]3C(C)O[C@@H](O[C@@H]4C(COS(=O)(=O)[O-])O[C@@H](C)C(N)[C@H]4O)C(OS(=O)(=O)[O-])[C@@H]3O)C(N)[C@H]2OS(=O)(=O)[O-])C(O)[C@@H](O)[C@@H]1O[C@@H]1OC(COS(=O)(=O)[O-])[C@@H](O)[C@H](O)C1N. The zero-order valence-electron chi connectivity index (χ0n) is 37.9. The van der Waals surface area contributed by atoms with Crippen LogP contribution in [0.4, 0.5) is 0 Å². The lowest BCUT2D eigenvalue weighted by molar-refractivity contribution is -0.372. The average Bonchev–Trinajstić information content (AvgIpc) is 3.25. The van der Waals surface area contributed by atoms with Gasteiger partial charge in [-0.1, -0.05) is 0 Å². The van der Waals surface area contributed by atoms with Crippen LogP contribution in [0, 0.1) is 0 Å². The van der Waals surface area contributed by atoms with Crippen LogP contribution in [0.1, 0.15) is 20.8 Å². The van der Waals surface area contributed by atoms with Crippen LogP contribution >= 0.6 is 0 Å². The Morgan fingerprint density at radius 1 is 0.365 bits per heavy atom. The molecular weight excluding hydrogens is 1130 g/mol. The lowest BCUT2D eigenvalue weighted by Gasteiger charge is -2.50. The summed E-state index contributed by atoms with van der Waals surface area (Å²) in [6, 6.07) is -5.32. The van der Waals surface area contributed by atoms with E-state index in [4.69, 9.17) is 59.8 Å². The molecule has 5 fully saturated rings. The standard InChI is InChI=1S/C31H57N3O35S5/c1-7-13(32)18(37)24(11(59-7)5-57-71(44,45)46)66-31-27(69-74(53,54)55)21(40)23(9(3)61-31)65-29-15(34)26(68-73(50,51)52)25(12(63-29)6-58-72(47,48)49)67-30-20(39)19(38)22(8(2)60-30)64-28-14(33)17(36)16(35)10(62-28)4-56-70(41,42)43/h7-31,35-40H,4-6,32-34H2,1-3H3,(H,41,42,43)(H,44,45,46)(H,47,48,49)(H,50,51,52)(H,53,54,55)/p-5/t7-,8?,9?,10?,11?,12?,13?,14?,15?,16+,17+,18+,19+,20?,21+,22+,23-,24+,25+,26+,27?,28-,29-,30-,31-/m0/s1. The van der Waals surface area contributed by atoms with Crippen LogP contribution in [-0.2, 0) is 116 Å². The molecule has 0 aromatic carbocycles. The maximum atomic E-state index is 12.2. The summed E-state index contributed by atoms with van der Waals surface area (Å²) in [6.45, 7) is -0.404. The number of hydrogen-bond donors (Lipinski definition) is 9. The Bertz CT molecular complexity index is 2450. The average molecular weight is 1190 g/mol. The van der Waals surface area contributed by atoms with Gasteiger partial charge >= 0.3 is 0 Å². The first-order valence-corrected chi connectivity index (χ1v) is 27.8. The first-order valence-electron chi connectivity index (χ1n) is 21.1. The Kier molecular flexibility index (Phi) is 21.1. The Hall–Kier alpha value is -1.37. The van der Waals surface area contributed by atoms with Gasteiger partial charge in [-0.05, 0) is 20.8 Å². The second-order valence-corrected chi connectivity index (χ2v) is 22.2. The minimum atomic E-state index is -6.00. The molecule has 0 amide bonds. The largest absolute Gasteiger partial charge is 0.726 e. The van der Waals surface area contributed by atoms with Crippen molar-refractivity contribution >= 4 is 52.0 Å². The van der Waals surface area contributed by atoms with Crippen LogP contribution in [0.2, 0.25) is 0 Å². The van der Waals surface area contributed by atoms with E-state index in [1.165, 1.54) is 6.92 Å². The summed E-state index contributed by atoms with van der Waals surface area (Å²) in [4.78, 5) is 0. The van der Waals surface area contributed by atoms with Gasteiger partial charge in [0.05, 0.1) is 56.3 Å². The number of aliphatic hydroxyl groups is 6. The third kappa shape index (κ3) is 16.8. The molecule has 12 N–H and O–H groups in total. The molecule has 5 saturated heterocycles. The predicted octanol–water partition coefficient (Wildman–Crippen LogP) is -11.5. The Labute approximate surface area is 420 Å². The van der Waals surface area contributed by atoms with Crippen LogP contribution in [0.3, 0.4) is 0 Å². The molecule has 0 aromatic heterocycles. The van der Waals surface area contributed by atoms with Crippen molar-refractivity contribution in [1.82, 2.24) is 0 Å². The zero-order valence-corrected chi connectivity index (χ0v) is 41.9. The fourth-order valence-corrected chi connectivity index (χ4v) is 10.1. The summed E-state index contributed by atoms with van der Waals surface area (Å²) in [6.07, 6.45) is -45.4. The molecule has 0 aliphatic carbocycles. The monoisotopic (exact) mass is 1190 g/mol. The van der Waals surface area contributed by atoms with E-state index < -0.39 is 225 Å². The summed E-state index contributed by atoms with van der Waals surface area (Å²) in [7, 11) is -28.4. The second kappa shape index (κ2) is 24.6. The van der Waals surface area contributed by atoms with E-state index in [0.29, 0.717) is 0 Å². The summed E-state index contributed by atoms with van der Waals surface area (Å²) in [5, 5.41) is 65.7. The zero-order chi connectivity index (χ0) is 56.0. The van der Waals surface area contributed by atoms with Crippen LogP contribution < -0.4 is 17.2 Å². The molecule has 43 heteroatoms. The van der Waals surface area contributed by atoms with Gasteiger partial charge in [-0.3, -0.25) is 20.9 Å². The third-order valence-electron chi connectivity index (χ3n) is 11.8. The summed E-state index contributed by atoms with van der Waals surface area (Å²) < 4.78 is 246. The highest BCUT2D eigenvalue weighted by molar-refractivity contribution is 7.81. The highest BCUT2D eigenvalue weighted by atomic mass is 32.3. The number of aliphatic hydroxyl groups excluding tert-OH is 6. The van der Waals surface area contributed by atoms with E-state index in [-0.39, 0.29) is 0 Å². The van der Waals surface area contributed by atoms with Gasteiger partial charge in [0.15, 0.2) is 31.3 Å². The fraction of sp³-hybridized carbons (Fsp3) is 1.00. The van der Waals surface area contributed by atoms with Gasteiger partial charge in [0, 0.05) is 0 Å². The number of ether oxygens (including phenoxy) is 9. The third-order valence-corrected chi connectivity index (χ3v) is 13.9. The topological polar surface area (TPSA) is 615 Å². The van der Waals surface area contributed by atoms with Crippen LogP contribution in [0.5, 0.6) is 0 Å². The van der Waals surface area contributed by atoms with E-state index >= 15 is 0 Å². The lowest BCUT2D eigenvalue weighted by Crippen LogP contribution is -2.69. The maximum absolute atomic E-state index is 12.2. The summed E-state index contributed by atoms with van der Waals surface area (Å²) in [5.41, 5.74) is 18.1. The van der Waals surface area contributed by atoms with Crippen molar-refractivity contribution in [2.75, 3.05) is 19.8 Å². The molecule has 5 heterocycles. The molecule has 0 bridgehead atoms. The Morgan fingerprint density at radius 2 is 0.770 bits per heavy atom. The van der Waals surface area contributed by atoms with E-state index in [1.54, 1.807) is 0 Å². The first-order chi connectivity index (χ1) is 33.8. The fourth-order valence-electron chi connectivity index (χ4n) is 8.19. The van der Waals surface area contributed by atoms with Crippen LogP contribution in [0.15, 0.2) is 0 Å². The molecule has 74 heavy (non-hydrogen) atoms. The smallest absolute Gasteiger partial charge is 0.218 e. The van der Waals surface area contributed by atoms with Crippen molar-refractivity contribution in [3.63, 3.8) is 0 Å². The highest BCUT2D eigenvalue weighted by Gasteiger charge is 2.57. The predicted molar refractivity (Wildman–Crippen MR) is 216 cm³/mol. The van der Waals surface area contributed by atoms with Crippen molar-refractivity contribution < 1.29 is 159 Å². The molecule has 5 rings (SSSR count). The molecule has 5 aliphatic rings. The van der Waals surface area contributed by atoms with Gasteiger partial charge in [0.25, 0.3) is 0 Å². The number of nitrogens with two attached hydrogens (primary N) is 3. The molecule has 0 saturated carbocycles. The van der Waals surface area contributed by atoms with Crippen molar-refractivity contribution in [1.29, 1.82) is 0 Å². The maximum Gasteiger partial charge on any atom is 0.218 e. The van der Waals surface area contributed by atoms with Gasteiger partial charge in [-0.15, -0.1) is 0 Å². The van der Waals surface area contributed by atoms with E-state index in [0.717, 1.165) is 13.8 Å². The van der Waals surface area contributed by atoms with E-state index in [2.05, 4.69) is 20.9 Å². The molecule has 25 atom stereocenters.